The molecule has 0 rings (SSSR count). The standard InChI is InChI=1S/C8H6F6O4/c1-3(7(9,10)11)6(17)18-2-4(5(15)16)8(12,13)14/h4H,1-2H2,(H,15,16). The normalized spacial score (nSPS) is 13.9. The molecule has 0 aromatic heterocycles. The Kier molecular flexibility index (Phi) is 4.76. The van der Waals surface area contributed by atoms with Gasteiger partial charge in [0.25, 0.3) is 0 Å². The molecule has 0 amide bonds. The molecule has 1 N–H and O–H groups in total. The van der Waals surface area contributed by atoms with Crippen molar-refractivity contribution in [2.24, 2.45) is 5.92 Å². The van der Waals surface area contributed by atoms with Crippen molar-refractivity contribution in [2.75, 3.05) is 6.61 Å². The Hall–Kier alpha value is -1.74. The largest absolute Gasteiger partial charge is 0.481 e. The van der Waals surface area contributed by atoms with Gasteiger partial charge in [0.1, 0.15) is 12.2 Å². The molecule has 0 saturated carbocycles. The molecule has 0 aromatic rings. The molecule has 104 valence electrons. The van der Waals surface area contributed by atoms with E-state index in [1.165, 1.54) is 0 Å². The van der Waals surface area contributed by atoms with Crippen LogP contribution in [0.4, 0.5) is 26.3 Å². The summed E-state index contributed by atoms with van der Waals surface area (Å²) in [6.45, 7) is 0.525. The van der Waals surface area contributed by atoms with Crippen LogP contribution in [0.2, 0.25) is 0 Å². The van der Waals surface area contributed by atoms with Crippen LogP contribution in [-0.4, -0.2) is 36.0 Å². The summed E-state index contributed by atoms with van der Waals surface area (Å²) in [5.74, 6) is -7.62. The molecule has 1 unspecified atom stereocenters. The average molecular weight is 280 g/mol. The third-order valence-corrected chi connectivity index (χ3v) is 1.66. The highest BCUT2D eigenvalue weighted by Gasteiger charge is 2.47. The van der Waals surface area contributed by atoms with Crippen LogP contribution in [0, 0.1) is 5.92 Å². The summed E-state index contributed by atoms with van der Waals surface area (Å²) in [4.78, 5) is 20.8. The second kappa shape index (κ2) is 5.27. The zero-order chi connectivity index (χ0) is 14.7. The molecule has 0 aliphatic rings. The predicted molar refractivity (Wildman–Crippen MR) is 43.3 cm³/mol. The number of rotatable bonds is 4. The maximum Gasteiger partial charge on any atom is 0.422 e. The van der Waals surface area contributed by atoms with Gasteiger partial charge in [-0.15, -0.1) is 0 Å². The minimum atomic E-state index is -5.24. The van der Waals surface area contributed by atoms with Crippen molar-refractivity contribution in [2.45, 2.75) is 12.4 Å². The van der Waals surface area contributed by atoms with Gasteiger partial charge in [0.05, 0.1) is 0 Å². The number of carbonyl (C=O) groups excluding carboxylic acids is 1. The smallest absolute Gasteiger partial charge is 0.422 e. The van der Waals surface area contributed by atoms with E-state index in [0.717, 1.165) is 0 Å². The molecule has 1 atom stereocenters. The van der Waals surface area contributed by atoms with Crippen LogP contribution in [0.1, 0.15) is 0 Å². The summed E-state index contributed by atoms with van der Waals surface area (Å²) in [6.07, 6.45) is -10.4. The molecule has 0 aliphatic carbocycles. The van der Waals surface area contributed by atoms with Crippen LogP contribution in [0.25, 0.3) is 0 Å². The van der Waals surface area contributed by atoms with Crippen LogP contribution in [-0.2, 0) is 14.3 Å². The SMILES string of the molecule is C=C(C(=O)OCC(C(=O)O)C(F)(F)F)C(F)(F)F. The Labute approximate surface area is 95.8 Å². The van der Waals surface area contributed by atoms with Crippen molar-refractivity contribution in [3.63, 3.8) is 0 Å². The van der Waals surface area contributed by atoms with Gasteiger partial charge in [-0.1, -0.05) is 6.58 Å². The van der Waals surface area contributed by atoms with Crippen molar-refractivity contribution in [1.29, 1.82) is 0 Å². The topological polar surface area (TPSA) is 63.6 Å². The summed E-state index contributed by atoms with van der Waals surface area (Å²) in [6, 6.07) is 0. The van der Waals surface area contributed by atoms with E-state index in [2.05, 4.69) is 11.3 Å². The van der Waals surface area contributed by atoms with E-state index >= 15 is 0 Å². The molecule has 4 nitrogen and oxygen atoms in total. The number of halogens is 6. The van der Waals surface area contributed by atoms with Gasteiger partial charge in [-0.3, -0.25) is 4.79 Å². The van der Waals surface area contributed by atoms with Crippen molar-refractivity contribution in [3.05, 3.63) is 12.2 Å². The van der Waals surface area contributed by atoms with Crippen molar-refractivity contribution < 1.29 is 45.8 Å². The van der Waals surface area contributed by atoms with E-state index in [1.807, 2.05) is 0 Å². The first-order valence-corrected chi connectivity index (χ1v) is 4.10. The quantitative estimate of drug-likeness (QED) is 0.485. The first kappa shape index (κ1) is 16.3. The summed E-state index contributed by atoms with van der Waals surface area (Å²) >= 11 is 0. The lowest BCUT2D eigenvalue weighted by Crippen LogP contribution is -2.36. The number of ether oxygens (including phenoxy) is 1. The molecular formula is C8H6F6O4. The highest BCUT2D eigenvalue weighted by Crippen LogP contribution is 2.28. The number of esters is 1. The number of carboxylic acids is 1. The fraction of sp³-hybridized carbons (Fsp3) is 0.500. The molecule has 0 saturated heterocycles. The molecule has 0 aromatic carbocycles. The zero-order valence-corrected chi connectivity index (χ0v) is 8.43. The third-order valence-electron chi connectivity index (χ3n) is 1.66. The van der Waals surface area contributed by atoms with E-state index in [1.54, 1.807) is 0 Å². The van der Waals surface area contributed by atoms with Gasteiger partial charge in [-0.05, 0) is 0 Å². The molecule has 10 heteroatoms. The third kappa shape index (κ3) is 4.63. The molecule has 0 bridgehead atoms. The van der Waals surface area contributed by atoms with Crippen LogP contribution >= 0.6 is 0 Å². The van der Waals surface area contributed by atoms with Crippen molar-refractivity contribution >= 4 is 11.9 Å². The van der Waals surface area contributed by atoms with E-state index < -0.39 is 42.4 Å². The van der Waals surface area contributed by atoms with Crippen LogP contribution in [0.3, 0.4) is 0 Å². The Balaban J connectivity index is 4.62. The Bertz CT molecular complexity index is 356. The molecule has 18 heavy (non-hydrogen) atoms. The predicted octanol–water partition coefficient (Wildman–Crippen LogP) is 1.91. The molecule has 0 heterocycles. The number of hydrogen-bond acceptors (Lipinski definition) is 3. The molecule has 0 aliphatic heterocycles. The van der Waals surface area contributed by atoms with E-state index in [9.17, 15) is 35.9 Å². The minimum Gasteiger partial charge on any atom is -0.481 e. The monoisotopic (exact) mass is 280 g/mol. The number of aliphatic carboxylic acids is 1. The van der Waals surface area contributed by atoms with E-state index in [-0.39, 0.29) is 0 Å². The van der Waals surface area contributed by atoms with Gasteiger partial charge in [0, 0.05) is 0 Å². The van der Waals surface area contributed by atoms with Gasteiger partial charge < -0.3 is 9.84 Å². The average Bonchev–Trinajstić information content (AvgIpc) is 2.12. The van der Waals surface area contributed by atoms with Gasteiger partial charge >= 0.3 is 24.3 Å². The molecular weight excluding hydrogens is 274 g/mol. The number of carboxylic acid groups (broad SMARTS) is 1. The van der Waals surface area contributed by atoms with Crippen molar-refractivity contribution in [1.82, 2.24) is 0 Å². The maximum atomic E-state index is 12.0. The first-order valence-electron chi connectivity index (χ1n) is 4.10. The lowest BCUT2D eigenvalue weighted by molar-refractivity contribution is -0.203. The molecule has 0 spiro atoms. The first-order chi connectivity index (χ1) is 7.87. The van der Waals surface area contributed by atoms with Crippen LogP contribution in [0.5, 0.6) is 0 Å². The number of alkyl halides is 6. The number of hydrogen-bond donors (Lipinski definition) is 1. The Morgan fingerprint density at radius 3 is 1.89 bits per heavy atom. The van der Waals surface area contributed by atoms with Crippen molar-refractivity contribution in [3.8, 4) is 0 Å². The fourth-order valence-electron chi connectivity index (χ4n) is 0.668. The molecule has 0 radical (unpaired) electrons. The second-order valence-electron chi connectivity index (χ2n) is 3.01. The second-order valence-corrected chi connectivity index (χ2v) is 3.01. The summed E-state index contributed by atoms with van der Waals surface area (Å²) < 4.78 is 75.4. The van der Waals surface area contributed by atoms with Gasteiger partial charge in [0.2, 0.25) is 0 Å². The van der Waals surface area contributed by atoms with Gasteiger partial charge in [-0.2, -0.15) is 26.3 Å². The molecule has 0 fully saturated rings. The Morgan fingerprint density at radius 2 is 1.61 bits per heavy atom. The van der Waals surface area contributed by atoms with Gasteiger partial charge in [-0.25, -0.2) is 4.79 Å². The maximum absolute atomic E-state index is 12.0. The van der Waals surface area contributed by atoms with E-state index in [0.29, 0.717) is 0 Å². The highest BCUT2D eigenvalue weighted by molar-refractivity contribution is 5.89. The van der Waals surface area contributed by atoms with E-state index in [4.69, 9.17) is 5.11 Å². The zero-order valence-electron chi connectivity index (χ0n) is 8.43. The van der Waals surface area contributed by atoms with Crippen LogP contribution in [0.15, 0.2) is 12.2 Å². The van der Waals surface area contributed by atoms with Gasteiger partial charge in [0.15, 0.2) is 5.92 Å². The highest BCUT2D eigenvalue weighted by atomic mass is 19.4. The number of carbonyl (C=O) groups is 2. The summed E-state index contributed by atoms with van der Waals surface area (Å²) in [5, 5.41) is 8.16. The lowest BCUT2D eigenvalue weighted by Gasteiger charge is -2.16. The lowest BCUT2D eigenvalue weighted by atomic mass is 10.1. The minimum absolute atomic E-state index is 1.76. The summed E-state index contributed by atoms with van der Waals surface area (Å²) in [7, 11) is 0. The Morgan fingerprint density at radius 1 is 1.17 bits per heavy atom. The fourth-order valence-corrected chi connectivity index (χ4v) is 0.668. The van der Waals surface area contributed by atoms with Crippen LogP contribution < -0.4 is 0 Å². The summed E-state index contributed by atoms with van der Waals surface area (Å²) in [5.41, 5.74) is -2.02.